The summed E-state index contributed by atoms with van der Waals surface area (Å²) in [5, 5.41) is 6.06. The third-order valence-corrected chi connectivity index (χ3v) is 3.90. The summed E-state index contributed by atoms with van der Waals surface area (Å²) in [5.41, 5.74) is 1.98. The van der Waals surface area contributed by atoms with Crippen LogP contribution >= 0.6 is 0 Å². The molecule has 2 N–H and O–H groups in total. The minimum atomic E-state index is -4.30. The molecule has 0 unspecified atom stereocenters. The van der Waals surface area contributed by atoms with Crippen LogP contribution in [0.4, 0.5) is 13.2 Å². The van der Waals surface area contributed by atoms with Gasteiger partial charge in [-0.15, -0.1) is 0 Å². The first kappa shape index (κ1) is 16.5. The molecule has 2 aromatic carbocycles. The fourth-order valence-corrected chi connectivity index (χ4v) is 2.67. The molecule has 0 spiro atoms. The van der Waals surface area contributed by atoms with E-state index in [0.29, 0.717) is 25.1 Å². The third-order valence-electron chi connectivity index (χ3n) is 3.90. The average molecular weight is 335 g/mol. The molecule has 1 atom stereocenters. The van der Waals surface area contributed by atoms with Crippen LogP contribution in [0.2, 0.25) is 0 Å². The maximum Gasteiger partial charge on any atom is 0.416 e. The van der Waals surface area contributed by atoms with Gasteiger partial charge in [-0.1, -0.05) is 47.6 Å². The summed E-state index contributed by atoms with van der Waals surface area (Å²) >= 11 is 0. The minimum absolute atomic E-state index is 0.0500. The molecule has 0 saturated carbocycles. The largest absolute Gasteiger partial charge is 0.416 e. The van der Waals surface area contributed by atoms with Crippen molar-refractivity contribution in [1.82, 2.24) is 0 Å². The molecule has 24 heavy (non-hydrogen) atoms. The number of quaternary nitrogens is 1. The molecule has 0 aliphatic carbocycles. The zero-order valence-corrected chi connectivity index (χ0v) is 13.0. The fraction of sp³-hybridized carbons (Fsp3) is 0.278. The zero-order valence-electron chi connectivity index (χ0n) is 13.0. The van der Waals surface area contributed by atoms with Gasteiger partial charge in [0.2, 0.25) is 0 Å². The van der Waals surface area contributed by atoms with Crippen molar-refractivity contribution in [2.45, 2.75) is 25.2 Å². The van der Waals surface area contributed by atoms with Crippen LogP contribution in [0, 0.1) is 0 Å². The number of alkyl halides is 3. The maximum atomic E-state index is 12.7. The summed E-state index contributed by atoms with van der Waals surface area (Å²) in [6, 6.07) is 15.2. The Morgan fingerprint density at radius 1 is 1.08 bits per heavy atom. The van der Waals surface area contributed by atoms with E-state index < -0.39 is 11.7 Å². The van der Waals surface area contributed by atoms with Crippen molar-refractivity contribution in [3.63, 3.8) is 0 Å². The number of rotatable bonds is 5. The highest BCUT2D eigenvalue weighted by Crippen LogP contribution is 2.29. The number of oxime groups is 1. The average Bonchev–Trinajstić information content (AvgIpc) is 3.04. The van der Waals surface area contributed by atoms with Crippen LogP contribution in [-0.2, 0) is 17.6 Å². The Labute approximate surface area is 138 Å². The molecule has 126 valence electrons. The molecule has 0 bridgehead atoms. The van der Waals surface area contributed by atoms with Crippen molar-refractivity contribution < 1.29 is 23.3 Å². The van der Waals surface area contributed by atoms with Gasteiger partial charge in [0.25, 0.3) is 0 Å². The highest BCUT2D eigenvalue weighted by atomic mass is 19.4. The zero-order chi connectivity index (χ0) is 17.0. The molecule has 3 rings (SSSR count). The number of nitrogens with zero attached hydrogens (tertiary/aromatic N) is 1. The normalized spacial score (nSPS) is 17.5. The van der Waals surface area contributed by atoms with Crippen molar-refractivity contribution in [2.24, 2.45) is 5.16 Å². The lowest BCUT2D eigenvalue weighted by Gasteiger charge is -2.09. The number of hydrogen-bond donors (Lipinski definition) is 1. The summed E-state index contributed by atoms with van der Waals surface area (Å²) < 4.78 is 38.1. The molecule has 0 fully saturated rings. The SMILES string of the molecule is FC(F)(F)c1cccc(C[NH2+]C[C@H]2CC(c3ccccc3)=NO2)c1. The Morgan fingerprint density at radius 3 is 2.62 bits per heavy atom. The van der Waals surface area contributed by atoms with Gasteiger partial charge in [-0.3, -0.25) is 0 Å². The van der Waals surface area contributed by atoms with E-state index in [0.717, 1.165) is 17.3 Å². The Kier molecular flexibility index (Phi) is 4.85. The second-order valence-corrected chi connectivity index (χ2v) is 5.76. The minimum Gasteiger partial charge on any atom is -0.386 e. The highest BCUT2D eigenvalue weighted by Gasteiger charge is 2.30. The van der Waals surface area contributed by atoms with Crippen molar-refractivity contribution in [2.75, 3.05) is 6.54 Å². The summed E-state index contributed by atoms with van der Waals surface area (Å²) in [6.07, 6.45) is -3.64. The summed E-state index contributed by atoms with van der Waals surface area (Å²) in [5.74, 6) is 0. The van der Waals surface area contributed by atoms with Crippen LogP contribution in [0.5, 0.6) is 0 Å². The lowest BCUT2D eigenvalue weighted by atomic mass is 10.1. The van der Waals surface area contributed by atoms with Gasteiger partial charge in [-0.2, -0.15) is 13.2 Å². The Morgan fingerprint density at radius 2 is 1.88 bits per heavy atom. The van der Waals surface area contributed by atoms with E-state index >= 15 is 0 Å². The standard InChI is InChI=1S/C18H17F3N2O/c19-18(20,21)15-8-4-5-13(9-15)11-22-12-16-10-17(23-24-16)14-6-2-1-3-7-14/h1-9,16,22H,10-12H2/p+1/t16-/m1/s1. The quantitative estimate of drug-likeness (QED) is 0.896. The summed E-state index contributed by atoms with van der Waals surface area (Å²) in [4.78, 5) is 5.41. The predicted molar refractivity (Wildman–Crippen MR) is 84.4 cm³/mol. The molecule has 0 radical (unpaired) electrons. The van der Waals surface area contributed by atoms with E-state index in [2.05, 4.69) is 5.16 Å². The van der Waals surface area contributed by atoms with E-state index in [1.54, 1.807) is 6.07 Å². The van der Waals surface area contributed by atoms with E-state index in [9.17, 15) is 13.2 Å². The summed E-state index contributed by atoms with van der Waals surface area (Å²) in [6.45, 7) is 1.13. The van der Waals surface area contributed by atoms with Gasteiger partial charge in [-0.25, -0.2) is 0 Å². The van der Waals surface area contributed by atoms with E-state index in [4.69, 9.17) is 4.84 Å². The molecule has 1 aliphatic rings. The van der Waals surface area contributed by atoms with Crippen LogP contribution in [0.3, 0.4) is 0 Å². The number of hydrogen-bond acceptors (Lipinski definition) is 2. The molecule has 0 amide bonds. The molecule has 6 heteroatoms. The second kappa shape index (κ2) is 7.05. The lowest BCUT2D eigenvalue weighted by molar-refractivity contribution is -0.676. The van der Waals surface area contributed by atoms with Crippen molar-refractivity contribution in [3.05, 3.63) is 71.3 Å². The molecule has 2 aromatic rings. The van der Waals surface area contributed by atoms with Gasteiger partial charge < -0.3 is 10.2 Å². The molecule has 3 nitrogen and oxygen atoms in total. The van der Waals surface area contributed by atoms with E-state index in [1.165, 1.54) is 12.1 Å². The maximum absolute atomic E-state index is 12.7. The van der Waals surface area contributed by atoms with Crippen LogP contribution in [0.1, 0.15) is 23.1 Å². The second-order valence-electron chi connectivity index (χ2n) is 5.76. The molecular formula is C18H18F3N2O+. The van der Waals surface area contributed by atoms with Crippen LogP contribution in [-0.4, -0.2) is 18.4 Å². The molecule has 1 aliphatic heterocycles. The smallest absolute Gasteiger partial charge is 0.386 e. The number of benzene rings is 2. The van der Waals surface area contributed by atoms with Crippen molar-refractivity contribution in [1.29, 1.82) is 0 Å². The highest BCUT2D eigenvalue weighted by molar-refractivity contribution is 6.01. The third kappa shape index (κ3) is 4.14. The Bertz CT molecular complexity index is 714. The summed E-state index contributed by atoms with van der Waals surface area (Å²) in [7, 11) is 0. The van der Waals surface area contributed by atoms with Crippen LogP contribution < -0.4 is 5.32 Å². The monoisotopic (exact) mass is 335 g/mol. The number of nitrogens with two attached hydrogens (primary N) is 1. The fourth-order valence-electron chi connectivity index (χ4n) is 2.67. The van der Waals surface area contributed by atoms with E-state index in [-0.39, 0.29) is 6.10 Å². The van der Waals surface area contributed by atoms with Crippen molar-refractivity contribution in [3.8, 4) is 0 Å². The van der Waals surface area contributed by atoms with Gasteiger partial charge in [0.15, 0.2) is 6.10 Å². The van der Waals surface area contributed by atoms with Gasteiger partial charge in [0.1, 0.15) is 13.1 Å². The Balaban J connectivity index is 1.48. The van der Waals surface area contributed by atoms with Gasteiger partial charge in [0, 0.05) is 12.0 Å². The van der Waals surface area contributed by atoms with E-state index in [1.807, 2.05) is 35.6 Å². The predicted octanol–water partition coefficient (Wildman–Crippen LogP) is 2.96. The first-order valence-corrected chi connectivity index (χ1v) is 7.78. The lowest BCUT2D eigenvalue weighted by Crippen LogP contribution is -2.84. The topological polar surface area (TPSA) is 38.2 Å². The van der Waals surface area contributed by atoms with Gasteiger partial charge in [-0.05, 0) is 17.7 Å². The molecule has 0 saturated heterocycles. The molecular weight excluding hydrogens is 317 g/mol. The first-order valence-electron chi connectivity index (χ1n) is 7.78. The number of halogens is 3. The van der Waals surface area contributed by atoms with Crippen LogP contribution in [0.25, 0.3) is 0 Å². The Hall–Kier alpha value is -2.34. The van der Waals surface area contributed by atoms with Crippen LogP contribution in [0.15, 0.2) is 59.8 Å². The molecule has 1 heterocycles. The van der Waals surface area contributed by atoms with Crippen molar-refractivity contribution >= 4 is 5.71 Å². The van der Waals surface area contributed by atoms with Gasteiger partial charge >= 0.3 is 6.18 Å². The van der Waals surface area contributed by atoms with Gasteiger partial charge in [0.05, 0.1) is 11.3 Å². The first-order chi connectivity index (χ1) is 11.5. The molecule has 0 aromatic heterocycles.